The first-order chi connectivity index (χ1) is 10.1. The third-order valence-electron chi connectivity index (χ3n) is 3.52. The molecule has 1 unspecified atom stereocenters. The van der Waals surface area contributed by atoms with Crippen LogP contribution >= 0.6 is 11.3 Å². The summed E-state index contributed by atoms with van der Waals surface area (Å²) in [5, 5.41) is 3.37. The molecule has 116 valence electrons. The molecule has 0 bridgehead atoms. The first kappa shape index (κ1) is 16.0. The lowest BCUT2D eigenvalue weighted by atomic mass is 9.88. The number of hydrogen-bond acceptors (Lipinski definition) is 5. The second-order valence-electron chi connectivity index (χ2n) is 5.26. The molecule has 21 heavy (non-hydrogen) atoms. The Hall–Kier alpha value is -1.40. The van der Waals surface area contributed by atoms with E-state index in [0.29, 0.717) is 23.1 Å². The van der Waals surface area contributed by atoms with Crippen LogP contribution in [0.25, 0.3) is 0 Å². The predicted molar refractivity (Wildman–Crippen MR) is 82.0 cm³/mol. The number of carbonyl (C=O) groups is 2. The summed E-state index contributed by atoms with van der Waals surface area (Å²) in [5.74, 6) is 0.000635. The van der Waals surface area contributed by atoms with Crippen molar-refractivity contribution in [2.24, 2.45) is 5.92 Å². The molecule has 0 radical (unpaired) electrons. The zero-order chi connectivity index (χ0) is 15.4. The SMILES string of the molecule is CCOC(=O)c1c(NC(=O)COC)sc2c1CCC(C)C2. The molecule has 1 heterocycles. The Morgan fingerprint density at radius 2 is 2.19 bits per heavy atom. The van der Waals surface area contributed by atoms with Crippen molar-refractivity contribution in [1.82, 2.24) is 0 Å². The van der Waals surface area contributed by atoms with E-state index in [2.05, 4.69) is 12.2 Å². The quantitative estimate of drug-likeness (QED) is 0.849. The number of hydrogen-bond donors (Lipinski definition) is 1. The highest BCUT2D eigenvalue weighted by Crippen LogP contribution is 2.40. The summed E-state index contributed by atoms with van der Waals surface area (Å²) in [7, 11) is 1.47. The van der Waals surface area contributed by atoms with Crippen LogP contribution in [0.1, 0.15) is 41.1 Å². The highest BCUT2D eigenvalue weighted by molar-refractivity contribution is 7.17. The Bertz CT molecular complexity index is 538. The molecule has 1 aromatic rings. The van der Waals surface area contributed by atoms with Crippen LogP contribution in [0.3, 0.4) is 0 Å². The predicted octanol–water partition coefficient (Wildman–Crippen LogP) is 2.63. The zero-order valence-electron chi connectivity index (χ0n) is 12.7. The van der Waals surface area contributed by atoms with Crippen LogP contribution in [0.5, 0.6) is 0 Å². The van der Waals surface area contributed by atoms with Crippen LogP contribution in [-0.2, 0) is 27.1 Å². The fourth-order valence-electron chi connectivity index (χ4n) is 2.55. The van der Waals surface area contributed by atoms with Crippen molar-refractivity contribution in [2.75, 3.05) is 25.6 Å². The largest absolute Gasteiger partial charge is 0.462 e. The number of carbonyl (C=O) groups excluding carboxylic acids is 2. The molecule has 1 aliphatic carbocycles. The van der Waals surface area contributed by atoms with Gasteiger partial charge in [0.1, 0.15) is 11.6 Å². The fraction of sp³-hybridized carbons (Fsp3) is 0.600. The Morgan fingerprint density at radius 1 is 1.43 bits per heavy atom. The van der Waals surface area contributed by atoms with Gasteiger partial charge in [0.2, 0.25) is 0 Å². The molecule has 0 spiro atoms. The summed E-state index contributed by atoms with van der Waals surface area (Å²) >= 11 is 1.49. The van der Waals surface area contributed by atoms with Gasteiger partial charge in [-0.05, 0) is 37.7 Å². The minimum absolute atomic E-state index is 0.0266. The number of methoxy groups -OCH3 is 1. The van der Waals surface area contributed by atoms with Gasteiger partial charge in [-0.25, -0.2) is 4.79 Å². The van der Waals surface area contributed by atoms with Crippen LogP contribution in [0.4, 0.5) is 5.00 Å². The third-order valence-corrected chi connectivity index (χ3v) is 4.69. The number of anilines is 1. The lowest BCUT2D eigenvalue weighted by molar-refractivity contribution is -0.119. The van der Waals surface area contributed by atoms with Crippen LogP contribution in [0.15, 0.2) is 0 Å². The average molecular weight is 311 g/mol. The average Bonchev–Trinajstić information content (AvgIpc) is 2.75. The minimum atomic E-state index is -0.350. The zero-order valence-corrected chi connectivity index (χ0v) is 13.5. The summed E-state index contributed by atoms with van der Waals surface area (Å²) in [4.78, 5) is 25.1. The second kappa shape index (κ2) is 7.04. The van der Waals surface area contributed by atoms with Gasteiger partial charge in [-0.1, -0.05) is 6.92 Å². The molecule has 1 amide bonds. The summed E-state index contributed by atoms with van der Waals surface area (Å²) in [6.07, 6.45) is 2.87. The molecule has 0 aliphatic heterocycles. The molecular formula is C15H21NO4S. The highest BCUT2D eigenvalue weighted by Gasteiger charge is 2.29. The molecule has 0 aromatic carbocycles. The molecule has 0 saturated carbocycles. The third kappa shape index (κ3) is 3.63. The van der Waals surface area contributed by atoms with E-state index < -0.39 is 0 Å². The first-order valence-corrected chi connectivity index (χ1v) is 7.98. The molecule has 1 aliphatic rings. The monoisotopic (exact) mass is 311 g/mol. The van der Waals surface area contributed by atoms with Crippen LogP contribution in [0, 0.1) is 5.92 Å². The Labute approximate surface area is 128 Å². The summed E-state index contributed by atoms with van der Waals surface area (Å²) in [6, 6.07) is 0. The number of ether oxygens (including phenoxy) is 2. The molecule has 1 aromatic heterocycles. The maximum absolute atomic E-state index is 12.2. The van der Waals surface area contributed by atoms with Crippen molar-refractivity contribution in [1.29, 1.82) is 0 Å². The van der Waals surface area contributed by atoms with Crippen molar-refractivity contribution in [3.8, 4) is 0 Å². The van der Waals surface area contributed by atoms with E-state index in [-0.39, 0.29) is 18.5 Å². The fourth-order valence-corrected chi connectivity index (χ4v) is 3.97. The molecule has 1 atom stereocenters. The van der Waals surface area contributed by atoms with E-state index in [0.717, 1.165) is 24.8 Å². The normalized spacial score (nSPS) is 17.2. The molecule has 5 nitrogen and oxygen atoms in total. The molecular weight excluding hydrogens is 290 g/mol. The van der Waals surface area contributed by atoms with Gasteiger partial charge in [-0.15, -0.1) is 11.3 Å². The van der Waals surface area contributed by atoms with Gasteiger partial charge in [0.25, 0.3) is 5.91 Å². The molecule has 0 fully saturated rings. The van der Waals surface area contributed by atoms with Gasteiger partial charge in [0, 0.05) is 12.0 Å². The van der Waals surface area contributed by atoms with Gasteiger partial charge in [-0.3, -0.25) is 4.79 Å². The molecule has 6 heteroatoms. The lowest BCUT2D eigenvalue weighted by Gasteiger charge is -2.18. The molecule has 2 rings (SSSR count). The Morgan fingerprint density at radius 3 is 2.86 bits per heavy atom. The number of esters is 1. The van der Waals surface area contributed by atoms with E-state index in [9.17, 15) is 9.59 Å². The van der Waals surface area contributed by atoms with Crippen LogP contribution in [-0.4, -0.2) is 32.2 Å². The number of thiophene rings is 1. The van der Waals surface area contributed by atoms with Crippen molar-refractivity contribution in [3.05, 3.63) is 16.0 Å². The van der Waals surface area contributed by atoms with E-state index in [4.69, 9.17) is 9.47 Å². The van der Waals surface area contributed by atoms with Gasteiger partial charge in [0.05, 0.1) is 12.2 Å². The molecule has 0 saturated heterocycles. The number of fused-ring (bicyclic) bond motifs is 1. The first-order valence-electron chi connectivity index (χ1n) is 7.17. The lowest BCUT2D eigenvalue weighted by Crippen LogP contribution is -2.19. The van der Waals surface area contributed by atoms with E-state index >= 15 is 0 Å². The molecule has 1 N–H and O–H groups in total. The van der Waals surface area contributed by atoms with Gasteiger partial charge in [-0.2, -0.15) is 0 Å². The van der Waals surface area contributed by atoms with Crippen molar-refractivity contribution in [2.45, 2.75) is 33.1 Å². The van der Waals surface area contributed by atoms with Gasteiger partial charge < -0.3 is 14.8 Å². The van der Waals surface area contributed by atoms with Crippen molar-refractivity contribution < 1.29 is 19.1 Å². The minimum Gasteiger partial charge on any atom is -0.462 e. The van der Waals surface area contributed by atoms with Crippen molar-refractivity contribution in [3.63, 3.8) is 0 Å². The van der Waals surface area contributed by atoms with E-state index in [1.165, 1.54) is 23.3 Å². The number of amides is 1. The summed E-state index contributed by atoms with van der Waals surface area (Å²) in [6.45, 7) is 4.28. The summed E-state index contributed by atoms with van der Waals surface area (Å²) in [5.41, 5.74) is 1.58. The van der Waals surface area contributed by atoms with E-state index in [1.54, 1.807) is 6.92 Å². The van der Waals surface area contributed by atoms with E-state index in [1.807, 2.05) is 0 Å². The van der Waals surface area contributed by atoms with Gasteiger partial charge in [0.15, 0.2) is 0 Å². The topological polar surface area (TPSA) is 64.6 Å². The number of rotatable bonds is 5. The maximum atomic E-state index is 12.2. The maximum Gasteiger partial charge on any atom is 0.341 e. The van der Waals surface area contributed by atoms with Crippen LogP contribution < -0.4 is 5.32 Å². The van der Waals surface area contributed by atoms with Crippen LogP contribution in [0.2, 0.25) is 0 Å². The second-order valence-corrected chi connectivity index (χ2v) is 6.36. The highest BCUT2D eigenvalue weighted by atomic mass is 32.1. The number of nitrogens with one attached hydrogen (secondary N) is 1. The van der Waals surface area contributed by atoms with Gasteiger partial charge >= 0.3 is 5.97 Å². The van der Waals surface area contributed by atoms with Crippen molar-refractivity contribution >= 4 is 28.2 Å². The Kier molecular flexibility index (Phi) is 5.36. The smallest absolute Gasteiger partial charge is 0.341 e. The Balaban J connectivity index is 2.33. The standard InChI is InChI=1S/C15H21NO4S/c1-4-20-15(18)13-10-6-5-9(2)7-11(10)21-14(13)16-12(17)8-19-3/h9H,4-8H2,1-3H3,(H,16,17). The summed E-state index contributed by atoms with van der Waals surface area (Å²) < 4.78 is 9.97.